The van der Waals surface area contributed by atoms with Gasteiger partial charge in [-0.15, -0.1) is 11.6 Å². The van der Waals surface area contributed by atoms with Gasteiger partial charge in [-0.2, -0.15) is 0 Å². The van der Waals surface area contributed by atoms with Crippen molar-refractivity contribution in [1.82, 2.24) is 30.2 Å². The number of anilines is 3. The number of ether oxygens (including phenoxy) is 4. The molecule has 5 heterocycles. The van der Waals surface area contributed by atoms with Crippen LogP contribution in [-0.4, -0.2) is 176 Å². The van der Waals surface area contributed by atoms with Crippen molar-refractivity contribution >= 4 is 93.0 Å². The molecule has 2 fully saturated rings. The number of nitrogens with one attached hydrogen (secondary N) is 3. The number of rotatable bonds is 24. The van der Waals surface area contributed by atoms with Gasteiger partial charge in [0.15, 0.2) is 17.7 Å². The molecule has 24 heteroatoms. The highest BCUT2D eigenvalue weighted by molar-refractivity contribution is 6.19. The fourth-order valence-corrected chi connectivity index (χ4v) is 11.9. The lowest BCUT2D eigenvalue weighted by Gasteiger charge is -2.31. The maximum Gasteiger partial charge on any atom is 0.416 e. The average molecular weight is 1220 g/mol. The largest absolute Gasteiger partial charge is 0.493 e. The van der Waals surface area contributed by atoms with E-state index in [1.165, 1.54) is 31.4 Å². The van der Waals surface area contributed by atoms with Crippen LogP contribution < -0.4 is 40.0 Å². The Kier molecular flexibility index (Phi) is 21.0. The molecule has 23 nitrogen and oxygen atoms in total. The molecule has 0 bridgehead atoms. The summed E-state index contributed by atoms with van der Waals surface area (Å²) in [5.74, 6) is -1.84. The Labute approximate surface area is 510 Å². The van der Waals surface area contributed by atoms with Gasteiger partial charge < -0.3 is 59.6 Å². The first-order valence-corrected chi connectivity index (χ1v) is 30.3. The molecule has 0 spiro atoms. The number of likely N-dealkylation sites (N-methyl/N-ethyl adjacent to an activating group) is 1. The molecule has 0 aromatic heterocycles. The molecule has 4 aromatic rings. The summed E-state index contributed by atoms with van der Waals surface area (Å²) in [4.78, 5) is 127. The number of amides is 9. The summed E-state index contributed by atoms with van der Waals surface area (Å²) in [6, 6.07) is 17.3. The van der Waals surface area contributed by atoms with Gasteiger partial charge in [0.05, 0.1) is 43.2 Å². The van der Waals surface area contributed by atoms with Crippen molar-refractivity contribution in [3.8, 4) is 17.2 Å². The summed E-state index contributed by atoms with van der Waals surface area (Å²) < 4.78 is 23.8. The predicted octanol–water partition coefficient (Wildman–Crippen LogP) is 6.66. The number of methoxy groups -OCH3 is 1. The molecule has 2 saturated heterocycles. The maximum atomic E-state index is 14.2. The number of carbonyl (C=O) groups is 9. The average Bonchev–Trinajstić information content (AvgIpc) is 1.80. The van der Waals surface area contributed by atoms with Gasteiger partial charge in [-0.1, -0.05) is 56.7 Å². The zero-order valence-corrected chi connectivity index (χ0v) is 50.3. The van der Waals surface area contributed by atoms with Crippen molar-refractivity contribution < 1.29 is 67.2 Å². The van der Waals surface area contributed by atoms with Gasteiger partial charge in [0.1, 0.15) is 18.4 Å². The summed E-state index contributed by atoms with van der Waals surface area (Å²) in [6.07, 6.45) is 4.37. The van der Waals surface area contributed by atoms with Crippen molar-refractivity contribution in [3.63, 3.8) is 0 Å². The van der Waals surface area contributed by atoms with Crippen LogP contribution in [0, 0.1) is 5.92 Å². The smallest absolute Gasteiger partial charge is 0.416 e. The van der Waals surface area contributed by atoms with Gasteiger partial charge in [-0.3, -0.25) is 38.5 Å². The highest BCUT2D eigenvalue weighted by atomic mass is 35.5. The third-order valence-electron chi connectivity index (χ3n) is 16.5. The van der Waals surface area contributed by atoms with Gasteiger partial charge >= 0.3 is 12.2 Å². The molecule has 0 aliphatic carbocycles. The van der Waals surface area contributed by atoms with Gasteiger partial charge in [-0.25, -0.2) is 14.5 Å². The van der Waals surface area contributed by atoms with E-state index in [-0.39, 0.29) is 103 Å². The summed E-state index contributed by atoms with van der Waals surface area (Å²) in [5.41, 5.74) is 2.75. The monoisotopic (exact) mass is 1220 g/mol. The number of aliphatic hydroxyl groups excluding tert-OH is 1. The molecule has 0 saturated carbocycles. The molecule has 464 valence electrons. The summed E-state index contributed by atoms with van der Waals surface area (Å²) in [7, 11) is 3.46. The van der Waals surface area contributed by atoms with Crippen LogP contribution in [0.2, 0.25) is 0 Å². The van der Waals surface area contributed by atoms with E-state index in [1.54, 1.807) is 58.9 Å². The number of aliphatic hydroxyl groups is 1. The molecular weight excluding hydrogens is 1140 g/mol. The first-order valence-electron chi connectivity index (χ1n) is 29.8. The molecule has 3 unspecified atom stereocenters. The SMILES string of the molecule is COc1cc2c(cc1OCCCCCC(=O)N1C[C@@H](CCl)c3c1cc(OC(=O)N1CCN(C)CC1)c1ccccc31)N(C(=O)OCc1ccc(NC(=O)CNC(=O)C(NC(=O)CCCCCN3C(=O)C=CC3=O)C(C)C)cc1)C(O)C1CCCN1C2=O. The van der Waals surface area contributed by atoms with Crippen LogP contribution in [0.1, 0.15) is 105 Å². The van der Waals surface area contributed by atoms with E-state index in [9.17, 15) is 48.3 Å². The van der Waals surface area contributed by atoms with Crippen LogP contribution in [0.5, 0.6) is 17.2 Å². The van der Waals surface area contributed by atoms with Crippen LogP contribution in [0.4, 0.5) is 26.7 Å². The second-order valence-electron chi connectivity index (χ2n) is 22.8. The van der Waals surface area contributed by atoms with E-state index in [1.807, 2.05) is 31.3 Å². The summed E-state index contributed by atoms with van der Waals surface area (Å²) in [5, 5.41) is 21.6. The van der Waals surface area contributed by atoms with Crippen LogP contribution in [0.15, 0.2) is 78.9 Å². The first kappa shape index (κ1) is 63.2. The fraction of sp³-hybridized carbons (Fsp3) is 0.476. The zero-order chi connectivity index (χ0) is 61.9. The maximum absolute atomic E-state index is 14.2. The molecule has 4 N–H and O–H groups in total. The molecule has 87 heavy (non-hydrogen) atoms. The lowest BCUT2D eigenvalue weighted by Crippen LogP contribution is -2.51. The topological polar surface area (TPSA) is 266 Å². The Bertz CT molecular complexity index is 3260. The van der Waals surface area contributed by atoms with Crippen molar-refractivity contribution in [2.45, 2.75) is 109 Å². The van der Waals surface area contributed by atoms with Crippen LogP contribution >= 0.6 is 11.6 Å². The van der Waals surface area contributed by atoms with E-state index in [4.69, 9.17) is 30.5 Å². The number of fused-ring (bicyclic) bond motifs is 5. The lowest BCUT2D eigenvalue weighted by molar-refractivity contribution is -0.137. The number of benzene rings is 4. The number of carbonyl (C=O) groups excluding carboxylic acids is 9. The van der Waals surface area contributed by atoms with E-state index in [0.29, 0.717) is 106 Å². The normalized spacial score (nSPS) is 18.5. The van der Waals surface area contributed by atoms with Crippen molar-refractivity contribution in [2.75, 3.05) is 94.1 Å². The Balaban J connectivity index is 0.763. The van der Waals surface area contributed by atoms with Crippen LogP contribution in [0.3, 0.4) is 0 Å². The number of imide groups is 1. The molecule has 4 atom stereocenters. The van der Waals surface area contributed by atoms with Crippen LogP contribution in [0.25, 0.3) is 10.8 Å². The van der Waals surface area contributed by atoms with Gasteiger partial charge in [-0.05, 0) is 92.6 Å². The number of unbranched alkanes of at least 4 members (excludes halogenated alkanes) is 4. The first-order chi connectivity index (χ1) is 41.9. The minimum absolute atomic E-state index is 0.0737. The predicted molar refractivity (Wildman–Crippen MR) is 324 cm³/mol. The molecular formula is C63H76ClN9O14. The fourth-order valence-electron chi connectivity index (χ4n) is 11.6. The Hall–Kier alpha value is -8.28. The Morgan fingerprint density at radius 1 is 0.770 bits per heavy atom. The Morgan fingerprint density at radius 3 is 2.18 bits per heavy atom. The summed E-state index contributed by atoms with van der Waals surface area (Å²) >= 11 is 6.54. The third kappa shape index (κ3) is 14.9. The minimum atomic E-state index is -1.47. The van der Waals surface area contributed by atoms with E-state index >= 15 is 0 Å². The van der Waals surface area contributed by atoms with E-state index in [2.05, 4.69) is 20.9 Å². The zero-order valence-electron chi connectivity index (χ0n) is 49.6. The van der Waals surface area contributed by atoms with E-state index in [0.717, 1.165) is 39.2 Å². The lowest BCUT2D eigenvalue weighted by atomic mass is 9.95. The number of piperazine rings is 1. The highest BCUT2D eigenvalue weighted by Gasteiger charge is 2.46. The molecule has 0 radical (unpaired) electrons. The van der Waals surface area contributed by atoms with Gasteiger partial charge in [0.25, 0.3) is 17.7 Å². The van der Waals surface area contributed by atoms with Crippen molar-refractivity contribution in [1.29, 1.82) is 0 Å². The number of nitrogens with zero attached hydrogens (tertiary/aromatic N) is 6. The molecule has 5 aliphatic rings. The number of alkyl halides is 1. The van der Waals surface area contributed by atoms with Crippen molar-refractivity contribution in [3.05, 3.63) is 95.6 Å². The standard InChI is InChI=1S/C63H76ClN9O14/c1-39(2)58(67-52(74)17-7-5-11-25-71-55(77)23-24-56(71)78)59(79)65-36-53(75)66-42-21-19-40(20-22-42)38-86-63(83)73-47-33-51(50(84-4)32-45(47)60(80)70-26-13-16-46(70)61(73)81)85-31-12-6-8-18-54(76)72-37-41(35-64)57-44-15-10-9-14-43(44)49(34-48(57)72)87-62(82)69-29-27-68(3)28-30-69/h9-10,14-15,19-24,32-34,39,41,46,58,61,81H,5-8,11-13,16-18,25-31,35-38H2,1-4H3,(H,65,79)(H,66,75)(H,67,74)/t41-,46?,58?,61?/m1/s1. The summed E-state index contributed by atoms with van der Waals surface area (Å²) in [6.45, 7) is 6.73. The quantitative estimate of drug-likeness (QED) is 0.0325. The van der Waals surface area contributed by atoms with Gasteiger partial charge in [0, 0.05) is 106 Å². The molecule has 9 amide bonds. The second-order valence-corrected chi connectivity index (χ2v) is 23.1. The van der Waals surface area contributed by atoms with Crippen molar-refractivity contribution in [2.24, 2.45) is 5.92 Å². The molecule has 9 rings (SSSR count). The highest BCUT2D eigenvalue weighted by Crippen LogP contribution is 2.46. The van der Waals surface area contributed by atoms with Crippen LogP contribution in [-0.2, 0) is 40.1 Å². The minimum Gasteiger partial charge on any atom is -0.493 e. The number of hydrogen-bond donors (Lipinski definition) is 4. The second kappa shape index (κ2) is 28.9. The third-order valence-corrected chi connectivity index (χ3v) is 16.9. The van der Waals surface area contributed by atoms with Gasteiger partial charge in [0.2, 0.25) is 23.6 Å². The number of hydrogen-bond acceptors (Lipinski definition) is 15. The number of halogens is 1. The van der Waals surface area contributed by atoms with E-state index < -0.39 is 42.3 Å². The Morgan fingerprint density at radius 2 is 1.47 bits per heavy atom. The molecule has 4 aromatic carbocycles. The molecule has 5 aliphatic heterocycles.